The van der Waals surface area contributed by atoms with E-state index in [9.17, 15) is 22.8 Å². The standard InChI is InChI=1S/C17H22N4O5S/c1-19(2)27(25,26)14-5-3-12(4-6-14)16(23)20-9-7-13(8-10-20)21-15(22)11-18-17(21)24/h3-6,13H,7-11H2,1-2H3,(H,18,24). The molecule has 0 unspecified atom stereocenters. The highest BCUT2D eigenvalue weighted by Crippen LogP contribution is 2.21. The van der Waals surface area contributed by atoms with Crippen LogP contribution in [0.1, 0.15) is 23.2 Å². The van der Waals surface area contributed by atoms with E-state index in [1.807, 2.05) is 0 Å². The molecule has 2 saturated heterocycles. The van der Waals surface area contributed by atoms with Gasteiger partial charge in [-0.3, -0.25) is 14.5 Å². The van der Waals surface area contributed by atoms with Crippen molar-refractivity contribution in [1.29, 1.82) is 0 Å². The number of hydrogen-bond donors (Lipinski definition) is 1. The Morgan fingerprint density at radius 1 is 1.11 bits per heavy atom. The van der Waals surface area contributed by atoms with E-state index in [1.54, 1.807) is 4.90 Å². The van der Waals surface area contributed by atoms with Gasteiger partial charge in [0.15, 0.2) is 0 Å². The molecule has 4 amide bonds. The van der Waals surface area contributed by atoms with E-state index in [-0.39, 0.29) is 35.3 Å². The van der Waals surface area contributed by atoms with Crippen molar-refractivity contribution in [1.82, 2.24) is 19.4 Å². The van der Waals surface area contributed by atoms with Gasteiger partial charge in [-0.15, -0.1) is 0 Å². The normalized spacial score (nSPS) is 18.9. The number of urea groups is 1. The van der Waals surface area contributed by atoms with E-state index in [0.717, 1.165) is 4.31 Å². The fourth-order valence-corrected chi connectivity index (χ4v) is 4.20. The number of likely N-dealkylation sites (tertiary alicyclic amines) is 1. The molecular formula is C17H22N4O5S. The van der Waals surface area contributed by atoms with Crippen molar-refractivity contribution in [2.75, 3.05) is 33.7 Å². The van der Waals surface area contributed by atoms with E-state index in [4.69, 9.17) is 0 Å². The first-order chi connectivity index (χ1) is 12.7. The monoisotopic (exact) mass is 394 g/mol. The molecule has 1 aromatic carbocycles. The lowest BCUT2D eigenvalue weighted by molar-refractivity contribution is -0.127. The topological polar surface area (TPSA) is 107 Å². The molecule has 27 heavy (non-hydrogen) atoms. The number of piperidine rings is 1. The first kappa shape index (κ1) is 19.3. The van der Waals surface area contributed by atoms with Crippen LogP contribution in [0, 0.1) is 0 Å². The van der Waals surface area contributed by atoms with Gasteiger partial charge in [-0.05, 0) is 37.1 Å². The maximum Gasteiger partial charge on any atom is 0.324 e. The third-order valence-corrected chi connectivity index (χ3v) is 6.70. The fraction of sp³-hybridized carbons (Fsp3) is 0.471. The van der Waals surface area contributed by atoms with Crippen LogP contribution in [-0.2, 0) is 14.8 Å². The van der Waals surface area contributed by atoms with Crippen LogP contribution in [0.25, 0.3) is 0 Å². The van der Waals surface area contributed by atoms with E-state index >= 15 is 0 Å². The number of amides is 4. The summed E-state index contributed by atoms with van der Waals surface area (Å²) in [6.07, 6.45) is 1.05. The molecule has 146 valence electrons. The van der Waals surface area contributed by atoms with E-state index in [0.29, 0.717) is 31.5 Å². The molecule has 0 aromatic heterocycles. The number of sulfonamides is 1. The lowest BCUT2D eigenvalue weighted by atomic mass is 10.0. The van der Waals surface area contributed by atoms with Crippen LogP contribution >= 0.6 is 0 Å². The van der Waals surface area contributed by atoms with Gasteiger partial charge in [-0.2, -0.15) is 0 Å². The Labute approximate surface area is 158 Å². The van der Waals surface area contributed by atoms with Crippen molar-refractivity contribution in [3.8, 4) is 0 Å². The Hall–Kier alpha value is -2.46. The summed E-state index contributed by atoms with van der Waals surface area (Å²) in [6, 6.07) is 5.27. The first-order valence-corrected chi connectivity index (χ1v) is 10.1. The molecule has 2 aliphatic rings. The van der Waals surface area contributed by atoms with Gasteiger partial charge in [0, 0.05) is 38.8 Å². The van der Waals surface area contributed by atoms with Gasteiger partial charge in [0.05, 0.1) is 11.4 Å². The van der Waals surface area contributed by atoms with Crippen molar-refractivity contribution in [2.45, 2.75) is 23.8 Å². The number of nitrogens with zero attached hydrogens (tertiary/aromatic N) is 3. The zero-order valence-electron chi connectivity index (χ0n) is 15.2. The molecule has 0 radical (unpaired) electrons. The molecule has 0 atom stereocenters. The van der Waals surface area contributed by atoms with Crippen molar-refractivity contribution in [2.24, 2.45) is 0 Å². The Morgan fingerprint density at radius 2 is 1.70 bits per heavy atom. The molecule has 2 aliphatic heterocycles. The summed E-state index contributed by atoms with van der Waals surface area (Å²) >= 11 is 0. The highest BCUT2D eigenvalue weighted by molar-refractivity contribution is 7.89. The van der Waals surface area contributed by atoms with Crippen LogP contribution in [0.15, 0.2) is 29.2 Å². The van der Waals surface area contributed by atoms with Gasteiger partial charge in [0.25, 0.3) is 5.91 Å². The number of hydrogen-bond acceptors (Lipinski definition) is 5. The summed E-state index contributed by atoms with van der Waals surface area (Å²) in [6.45, 7) is 0.886. The highest BCUT2D eigenvalue weighted by atomic mass is 32.2. The largest absolute Gasteiger partial charge is 0.338 e. The fourth-order valence-electron chi connectivity index (χ4n) is 3.29. The Bertz CT molecular complexity index is 842. The Balaban J connectivity index is 1.64. The average Bonchev–Trinajstić information content (AvgIpc) is 2.99. The van der Waals surface area contributed by atoms with Crippen LogP contribution in [0.4, 0.5) is 4.79 Å². The summed E-state index contributed by atoms with van der Waals surface area (Å²) in [5, 5.41) is 2.51. The van der Waals surface area contributed by atoms with Crippen LogP contribution in [0.5, 0.6) is 0 Å². The summed E-state index contributed by atoms with van der Waals surface area (Å²) in [5.74, 6) is -0.429. The summed E-state index contributed by atoms with van der Waals surface area (Å²) in [7, 11) is -0.642. The van der Waals surface area contributed by atoms with Gasteiger partial charge in [-0.25, -0.2) is 17.5 Å². The summed E-state index contributed by atoms with van der Waals surface area (Å²) in [4.78, 5) is 39.2. The SMILES string of the molecule is CN(C)S(=O)(=O)c1ccc(C(=O)N2CCC(N3C(=O)CNC3=O)CC2)cc1. The number of carbonyl (C=O) groups excluding carboxylic acids is 3. The number of carbonyl (C=O) groups is 3. The molecule has 2 fully saturated rings. The number of benzene rings is 1. The zero-order chi connectivity index (χ0) is 19.8. The molecule has 9 nitrogen and oxygen atoms in total. The molecule has 0 bridgehead atoms. The second-order valence-electron chi connectivity index (χ2n) is 6.76. The van der Waals surface area contributed by atoms with Crippen LogP contribution in [0.3, 0.4) is 0 Å². The van der Waals surface area contributed by atoms with E-state index < -0.39 is 10.0 Å². The second kappa shape index (κ2) is 7.28. The lowest BCUT2D eigenvalue weighted by Crippen LogP contribution is -2.49. The predicted octanol–water partition coefficient (Wildman–Crippen LogP) is 0.0933. The third kappa shape index (κ3) is 3.67. The molecule has 1 N–H and O–H groups in total. The second-order valence-corrected chi connectivity index (χ2v) is 8.91. The smallest absolute Gasteiger partial charge is 0.324 e. The van der Waals surface area contributed by atoms with Gasteiger partial charge < -0.3 is 10.2 Å². The van der Waals surface area contributed by atoms with Crippen LogP contribution in [0.2, 0.25) is 0 Å². The minimum Gasteiger partial charge on any atom is -0.338 e. The Kier molecular flexibility index (Phi) is 5.20. The molecule has 2 heterocycles. The van der Waals surface area contributed by atoms with Gasteiger partial charge in [0.2, 0.25) is 15.9 Å². The summed E-state index contributed by atoms with van der Waals surface area (Å²) in [5.41, 5.74) is 0.404. The minimum atomic E-state index is -3.54. The zero-order valence-corrected chi connectivity index (χ0v) is 16.0. The van der Waals surface area contributed by atoms with E-state index in [1.165, 1.54) is 43.3 Å². The van der Waals surface area contributed by atoms with E-state index in [2.05, 4.69) is 5.32 Å². The lowest BCUT2D eigenvalue weighted by Gasteiger charge is -2.35. The molecule has 3 rings (SSSR count). The quantitative estimate of drug-likeness (QED) is 0.729. The van der Waals surface area contributed by atoms with Crippen LogP contribution < -0.4 is 5.32 Å². The average molecular weight is 394 g/mol. The minimum absolute atomic E-state index is 0.0280. The maximum absolute atomic E-state index is 12.7. The van der Waals surface area contributed by atoms with Crippen molar-refractivity contribution < 1.29 is 22.8 Å². The van der Waals surface area contributed by atoms with Gasteiger partial charge in [0.1, 0.15) is 0 Å². The van der Waals surface area contributed by atoms with Gasteiger partial charge in [-0.1, -0.05) is 0 Å². The molecule has 0 aliphatic carbocycles. The Morgan fingerprint density at radius 3 is 2.19 bits per heavy atom. The number of nitrogens with one attached hydrogen (secondary N) is 1. The van der Waals surface area contributed by atoms with Crippen molar-refractivity contribution >= 4 is 27.9 Å². The summed E-state index contributed by atoms with van der Waals surface area (Å²) < 4.78 is 25.3. The highest BCUT2D eigenvalue weighted by Gasteiger charge is 2.37. The first-order valence-electron chi connectivity index (χ1n) is 8.63. The molecule has 0 spiro atoms. The maximum atomic E-state index is 12.7. The van der Waals surface area contributed by atoms with Crippen LogP contribution in [-0.4, -0.2) is 80.1 Å². The molecular weight excluding hydrogens is 372 g/mol. The molecule has 0 saturated carbocycles. The molecule has 1 aromatic rings. The molecule has 10 heteroatoms. The number of imide groups is 1. The van der Waals surface area contributed by atoms with Crippen molar-refractivity contribution in [3.63, 3.8) is 0 Å². The number of rotatable bonds is 4. The van der Waals surface area contributed by atoms with Gasteiger partial charge >= 0.3 is 6.03 Å². The predicted molar refractivity (Wildman–Crippen MR) is 96.5 cm³/mol. The third-order valence-electron chi connectivity index (χ3n) is 4.88. The van der Waals surface area contributed by atoms with Crippen molar-refractivity contribution in [3.05, 3.63) is 29.8 Å².